The molecule has 0 heterocycles. The summed E-state index contributed by atoms with van der Waals surface area (Å²) in [7, 11) is 1.53. The van der Waals surface area contributed by atoms with Crippen molar-refractivity contribution < 1.29 is 27.8 Å². The SMILES string of the molecule is C=Cc1ccc(OCC(F)F)c(CN(CCOC)C(=O)OC(C)(C)C)c1. The fraction of sp³-hybridized carbons (Fsp3) is 0.526. The highest BCUT2D eigenvalue weighted by Gasteiger charge is 2.23. The fourth-order valence-corrected chi connectivity index (χ4v) is 2.11. The Hall–Kier alpha value is -2.15. The Kier molecular flexibility index (Phi) is 8.51. The van der Waals surface area contributed by atoms with Crippen LogP contribution in [0.25, 0.3) is 6.08 Å². The molecule has 1 rings (SSSR count). The summed E-state index contributed by atoms with van der Waals surface area (Å²) in [4.78, 5) is 13.9. The van der Waals surface area contributed by atoms with E-state index in [-0.39, 0.29) is 13.1 Å². The van der Waals surface area contributed by atoms with Crippen LogP contribution in [0.4, 0.5) is 13.6 Å². The largest absolute Gasteiger partial charge is 0.487 e. The first-order valence-electron chi connectivity index (χ1n) is 8.29. The second-order valence-corrected chi connectivity index (χ2v) is 6.67. The van der Waals surface area contributed by atoms with E-state index >= 15 is 0 Å². The molecular weight excluding hydrogens is 344 g/mol. The lowest BCUT2D eigenvalue weighted by molar-refractivity contribution is 0.0180. The lowest BCUT2D eigenvalue weighted by Crippen LogP contribution is -2.38. The van der Waals surface area contributed by atoms with Crippen molar-refractivity contribution >= 4 is 12.2 Å². The molecule has 0 N–H and O–H groups in total. The van der Waals surface area contributed by atoms with Crippen molar-refractivity contribution in [2.45, 2.75) is 39.3 Å². The monoisotopic (exact) mass is 371 g/mol. The lowest BCUT2D eigenvalue weighted by atomic mass is 10.1. The number of alkyl halides is 2. The molecule has 1 amide bonds. The van der Waals surface area contributed by atoms with Crippen LogP contribution in [0.3, 0.4) is 0 Å². The molecule has 0 radical (unpaired) electrons. The van der Waals surface area contributed by atoms with Gasteiger partial charge in [0.2, 0.25) is 0 Å². The predicted octanol–water partition coefficient (Wildman–Crippen LogP) is 4.36. The van der Waals surface area contributed by atoms with Crippen LogP contribution in [0.5, 0.6) is 5.75 Å². The molecule has 0 aliphatic heterocycles. The molecule has 5 nitrogen and oxygen atoms in total. The number of nitrogens with zero attached hydrogens (tertiary/aromatic N) is 1. The number of carbonyl (C=O) groups is 1. The van der Waals surface area contributed by atoms with Gasteiger partial charge in [0.1, 0.15) is 18.0 Å². The zero-order valence-corrected chi connectivity index (χ0v) is 15.8. The molecule has 0 aromatic heterocycles. The minimum atomic E-state index is -2.59. The number of benzene rings is 1. The summed E-state index contributed by atoms with van der Waals surface area (Å²) in [5, 5.41) is 0. The van der Waals surface area contributed by atoms with Crippen LogP contribution in [0.15, 0.2) is 24.8 Å². The Labute approximate surface area is 153 Å². The molecule has 0 saturated heterocycles. The van der Waals surface area contributed by atoms with Crippen molar-refractivity contribution in [3.63, 3.8) is 0 Å². The number of halogens is 2. The van der Waals surface area contributed by atoms with Gasteiger partial charge in [-0.1, -0.05) is 18.7 Å². The van der Waals surface area contributed by atoms with Crippen molar-refractivity contribution in [2.75, 3.05) is 26.9 Å². The van der Waals surface area contributed by atoms with Crippen molar-refractivity contribution in [2.24, 2.45) is 0 Å². The smallest absolute Gasteiger partial charge is 0.410 e. The van der Waals surface area contributed by atoms with Crippen LogP contribution in [-0.4, -0.2) is 49.9 Å². The van der Waals surface area contributed by atoms with E-state index in [0.717, 1.165) is 5.56 Å². The van der Waals surface area contributed by atoms with Gasteiger partial charge >= 0.3 is 6.09 Å². The molecule has 0 spiro atoms. The average molecular weight is 371 g/mol. The van der Waals surface area contributed by atoms with E-state index in [0.29, 0.717) is 17.9 Å². The quantitative estimate of drug-likeness (QED) is 0.647. The van der Waals surface area contributed by atoms with Gasteiger partial charge in [0.05, 0.1) is 13.2 Å². The molecule has 0 aliphatic rings. The summed E-state index contributed by atoms with van der Waals surface area (Å²) in [6.45, 7) is 9.04. The third kappa shape index (κ3) is 7.82. The Morgan fingerprint density at radius 3 is 2.58 bits per heavy atom. The van der Waals surface area contributed by atoms with E-state index in [1.165, 1.54) is 12.0 Å². The van der Waals surface area contributed by atoms with E-state index in [1.54, 1.807) is 45.0 Å². The fourth-order valence-electron chi connectivity index (χ4n) is 2.11. The van der Waals surface area contributed by atoms with E-state index < -0.39 is 24.7 Å². The highest BCUT2D eigenvalue weighted by Crippen LogP contribution is 2.24. The Bertz CT molecular complexity index is 600. The third-order valence-electron chi connectivity index (χ3n) is 3.26. The first-order chi connectivity index (χ1) is 12.2. The topological polar surface area (TPSA) is 48.0 Å². The molecule has 0 fully saturated rings. The maximum Gasteiger partial charge on any atom is 0.410 e. The second-order valence-electron chi connectivity index (χ2n) is 6.67. The second kappa shape index (κ2) is 10.1. The van der Waals surface area contributed by atoms with Crippen LogP contribution in [0, 0.1) is 0 Å². The van der Waals surface area contributed by atoms with Gasteiger partial charge < -0.3 is 19.1 Å². The Morgan fingerprint density at radius 2 is 2.04 bits per heavy atom. The molecule has 1 aromatic carbocycles. The molecule has 0 unspecified atom stereocenters. The summed E-state index contributed by atoms with van der Waals surface area (Å²) in [6.07, 6.45) is -1.47. The summed E-state index contributed by atoms with van der Waals surface area (Å²) in [5.41, 5.74) is 0.727. The van der Waals surface area contributed by atoms with Gasteiger partial charge in [-0.2, -0.15) is 0 Å². The van der Waals surface area contributed by atoms with Gasteiger partial charge in [-0.25, -0.2) is 13.6 Å². The van der Waals surface area contributed by atoms with Crippen LogP contribution >= 0.6 is 0 Å². The van der Waals surface area contributed by atoms with Crippen LogP contribution in [-0.2, 0) is 16.0 Å². The van der Waals surface area contributed by atoms with Crippen molar-refractivity contribution in [3.8, 4) is 5.75 Å². The Balaban J connectivity index is 3.06. The highest BCUT2D eigenvalue weighted by atomic mass is 19.3. The van der Waals surface area contributed by atoms with E-state index in [4.69, 9.17) is 14.2 Å². The molecule has 0 bridgehead atoms. The van der Waals surface area contributed by atoms with Gasteiger partial charge in [-0.15, -0.1) is 0 Å². The highest BCUT2D eigenvalue weighted by molar-refractivity contribution is 5.68. The molecule has 0 aliphatic carbocycles. The minimum absolute atomic E-state index is 0.137. The standard InChI is InChI=1S/C19H27F2NO4/c1-6-14-7-8-16(25-13-17(20)21)15(11-14)12-22(9-10-24-5)18(23)26-19(2,3)4/h6-8,11,17H,1,9-10,12-13H2,2-5H3. The molecule has 1 aromatic rings. The maximum absolute atomic E-state index is 12.5. The summed E-state index contributed by atoms with van der Waals surface area (Å²) in [6, 6.07) is 5.06. The normalized spacial score (nSPS) is 11.3. The van der Waals surface area contributed by atoms with Crippen molar-refractivity contribution in [1.82, 2.24) is 4.90 Å². The average Bonchev–Trinajstić information content (AvgIpc) is 2.55. The zero-order chi connectivity index (χ0) is 19.7. The number of hydrogen-bond donors (Lipinski definition) is 0. The number of hydrogen-bond acceptors (Lipinski definition) is 4. The molecule has 0 saturated carbocycles. The summed E-state index contributed by atoms with van der Waals surface area (Å²) >= 11 is 0. The van der Waals surface area contributed by atoms with E-state index in [2.05, 4.69) is 6.58 Å². The predicted molar refractivity (Wildman–Crippen MR) is 96.6 cm³/mol. The Morgan fingerprint density at radius 1 is 1.35 bits per heavy atom. The number of ether oxygens (including phenoxy) is 3. The van der Waals surface area contributed by atoms with Crippen LogP contribution in [0.1, 0.15) is 31.9 Å². The van der Waals surface area contributed by atoms with Gasteiger partial charge in [-0.05, 0) is 38.5 Å². The van der Waals surface area contributed by atoms with Crippen molar-refractivity contribution in [1.29, 1.82) is 0 Å². The van der Waals surface area contributed by atoms with E-state index in [1.807, 2.05) is 0 Å². The van der Waals surface area contributed by atoms with Gasteiger partial charge in [0.25, 0.3) is 6.43 Å². The number of methoxy groups -OCH3 is 1. The number of amides is 1. The van der Waals surface area contributed by atoms with E-state index in [9.17, 15) is 13.6 Å². The summed E-state index contributed by atoms with van der Waals surface area (Å²) in [5.74, 6) is 0.293. The zero-order valence-electron chi connectivity index (χ0n) is 15.8. The molecule has 146 valence electrons. The number of carbonyl (C=O) groups excluding carboxylic acids is 1. The maximum atomic E-state index is 12.5. The van der Waals surface area contributed by atoms with Crippen molar-refractivity contribution in [3.05, 3.63) is 35.9 Å². The first kappa shape index (κ1) is 21.9. The minimum Gasteiger partial charge on any atom is -0.487 e. The lowest BCUT2D eigenvalue weighted by Gasteiger charge is -2.28. The third-order valence-corrected chi connectivity index (χ3v) is 3.26. The van der Waals surface area contributed by atoms with Gasteiger partial charge in [-0.3, -0.25) is 0 Å². The van der Waals surface area contributed by atoms with Gasteiger partial charge in [0, 0.05) is 19.2 Å². The van der Waals surface area contributed by atoms with Crippen LogP contribution in [0.2, 0.25) is 0 Å². The molecule has 7 heteroatoms. The first-order valence-corrected chi connectivity index (χ1v) is 8.29. The van der Waals surface area contributed by atoms with Crippen LogP contribution < -0.4 is 4.74 Å². The summed E-state index contributed by atoms with van der Waals surface area (Å²) < 4.78 is 40.6. The molecular formula is C19H27F2NO4. The van der Waals surface area contributed by atoms with Gasteiger partial charge in [0.15, 0.2) is 0 Å². The molecule has 26 heavy (non-hydrogen) atoms. The number of rotatable bonds is 9. The molecule has 0 atom stereocenters.